The fourth-order valence-corrected chi connectivity index (χ4v) is 6.34. The minimum Gasteiger partial charge on any atom is -0.493 e. The first kappa shape index (κ1) is 23.4. The van der Waals surface area contributed by atoms with Gasteiger partial charge in [0, 0.05) is 22.7 Å². The lowest BCUT2D eigenvalue weighted by molar-refractivity contribution is 0.0638. The maximum absolute atomic E-state index is 13.1. The van der Waals surface area contributed by atoms with Gasteiger partial charge < -0.3 is 19.0 Å². The first-order valence-corrected chi connectivity index (χ1v) is 14.2. The van der Waals surface area contributed by atoms with Crippen LogP contribution in [0.1, 0.15) is 45.6 Å². The maximum atomic E-state index is 13.1. The summed E-state index contributed by atoms with van der Waals surface area (Å²) in [5.41, 5.74) is 0.913. The highest BCUT2D eigenvalue weighted by Gasteiger charge is 2.42. The van der Waals surface area contributed by atoms with Crippen molar-refractivity contribution in [2.45, 2.75) is 81.4 Å². The van der Waals surface area contributed by atoms with Crippen LogP contribution in [0.2, 0.25) is 18.1 Å². The summed E-state index contributed by atoms with van der Waals surface area (Å²) < 4.78 is 30.2. The molecule has 1 aliphatic rings. The van der Waals surface area contributed by atoms with Gasteiger partial charge in [-0.1, -0.05) is 26.8 Å². The van der Waals surface area contributed by atoms with Gasteiger partial charge in [0.2, 0.25) is 0 Å². The zero-order valence-corrected chi connectivity index (χ0v) is 20.1. The maximum Gasteiger partial charge on any atom is 0.192 e. The van der Waals surface area contributed by atoms with Crippen molar-refractivity contribution in [2.24, 2.45) is 0 Å². The molecule has 1 N–H and O–H groups in total. The molecule has 1 unspecified atom stereocenters. The van der Waals surface area contributed by atoms with Crippen LogP contribution in [0.5, 0.6) is 11.5 Å². The first-order chi connectivity index (χ1) is 13.0. The van der Waals surface area contributed by atoms with Gasteiger partial charge >= 0.3 is 0 Å². The van der Waals surface area contributed by atoms with Crippen molar-refractivity contribution in [1.82, 2.24) is 0 Å². The lowest BCUT2D eigenvalue weighted by Gasteiger charge is -2.42. The van der Waals surface area contributed by atoms with Gasteiger partial charge in [-0.2, -0.15) is 0 Å². The second-order valence-corrected chi connectivity index (χ2v) is 15.5. The third kappa shape index (κ3) is 5.59. The van der Waals surface area contributed by atoms with E-state index in [4.69, 9.17) is 13.9 Å². The van der Waals surface area contributed by atoms with Crippen molar-refractivity contribution >= 4 is 19.1 Å². The van der Waals surface area contributed by atoms with Crippen LogP contribution in [-0.4, -0.2) is 49.3 Å². The number of hydrogen-bond donors (Lipinski definition) is 1. The van der Waals surface area contributed by atoms with E-state index in [1.165, 1.54) is 0 Å². The van der Waals surface area contributed by atoms with Gasteiger partial charge in [-0.3, -0.25) is 4.21 Å². The van der Waals surface area contributed by atoms with Crippen LogP contribution in [0.4, 0.5) is 0 Å². The molecule has 0 heterocycles. The van der Waals surface area contributed by atoms with Gasteiger partial charge in [-0.05, 0) is 55.1 Å². The standard InChI is InChI=1S/C21H36O5SSi/c1-21(2,3)28(6,7)26-16-9-10-17(22)20(13-16)27(23)14-15-8-11-18(24-4)19(12-15)25-5/h8,11-12,16-17,20,22H,9-10,13-14H2,1-7H3/t16-,17+,20-,27?/m0/s1. The Morgan fingerprint density at radius 2 is 1.79 bits per heavy atom. The summed E-state index contributed by atoms with van der Waals surface area (Å²) in [5.74, 6) is 1.66. The normalized spacial score (nSPS) is 24.6. The van der Waals surface area contributed by atoms with Gasteiger partial charge in [-0.25, -0.2) is 0 Å². The summed E-state index contributed by atoms with van der Waals surface area (Å²) in [7, 11) is 0.109. The predicted molar refractivity (Wildman–Crippen MR) is 117 cm³/mol. The second kappa shape index (κ2) is 9.28. The van der Waals surface area contributed by atoms with E-state index in [1.807, 2.05) is 18.2 Å². The molecule has 0 bridgehead atoms. The number of aliphatic hydroxyl groups is 1. The number of benzene rings is 1. The van der Waals surface area contributed by atoms with Crippen molar-refractivity contribution in [3.05, 3.63) is 23.8 Å². The summed E-state index contributed by atoms with van der Waals surface area (Å²) in [4.78, 5) is 0. The number of rotatable bonds is 7. The highest BCUT2D eigenvalue weighted by molar-refractivity contribution is 7.84. The minimum absolute atomic E-state index is 0.0728. The Balaban J connectivity index is 2.07. The number of ether oxygens (including phenoxy) is 2. The van der Waals surface area contributed by atoms with E-state index in [1.54, 1.807) is 14.2 Å². The van der Waals surface area contributed by atoms with Crippen LogP contribution in [0.15, 0.2) is 18.2 Å². The first-order valence-electron chi connectivity index (χ1n) is 9.92. The molecule has 0 aromatic heterocycles. The van der Waals surface area contributed by atoms with Gasteiger partial charge in [0.25, 0.3) is 0 Å². The summed E-state index contributed by atoms with van der Waals surface area (Å²) in [6.45, 7) is 11.2. The highest BCUT2D eigenvalue weighted by Crippen LogP contribution is 2.39. The lowest BCUT2D eigenvalue weighted by Crippen LogP contribution is -2.48. The third-order valence-electron chi connectivity index (χ3n) is 6.07. The number of aliphatic hydroxyl groups excluding tert-OH is 1. The summed E-state index contributed by atoms with van der Waals surface area (Å²) in [5, 5.41) is 10.4. The van der Waals surface area contributed by atoms with Crippen molar-refractivity contribution < 1.29 is 23.2 Å². The Morgan fingerprint density at radius 1 is 1.14 bits per heavy atom. The van der Waals surface area contributed by atoms with E-state index in [9.17, 15) is 9.32 Å². The molecule has 1 aromatic carbocycles. The Kier molecular flexibility index (Phi) is 7.75. The molecule has 160 valence electrons. The van der Waals surface area contributed by atoms with Crippen LogP contribution in [0, 0.1) is 0 Å². The van der Waals surface area contributed by atoms with Gasteiger partial charge in [0.1, 0.15) is 0 Å². The molecule has 1 aliphatic carbocycles. The van der Waals surface area contributed by atoms with E-state index < -0.39 is 25.2 Å². The molecule has 4 atom stereocenters. The fraction of sp³-hybridized carbons (Fsp3) is 0.714. The van der Waals surface area contributed by atoms with Crippen molar-refractivity contribution in [3.8, 4) is 11.5 Å². The largest absolute Gasteiger partial charge is 0.493 e. The smallest absolute Gasteiger partial charge is 0.192 e. The fourth-order valence-electron chi connectivity index (χ4n) is 3.30. The van der Waals surface area contributed by atoms with E-state index >= 15 is 0 Å². The average molecular weight is 429 g/mol. The Morgan fingerprint density at radius 3 is 2.36 bits per heavy atom. The molecule has 1 fully saturated rings. The van der Waals surface area contributed by atoms with E-state index in [0.717, 1.165) is 12.0 Å². The SMILES string of the molecule is COc1ccc(CS(=O)[C@H]2C[C@@H](O[Si](C)(C)C(C)(C)C)CC[C@H]2O)cc1OC. The second-order valence-electron chi connectivity index (χ2n) is 9.13. The average Bonchev–Trinajstić information content (AvgIpc) is 2.61. The molecular weight excluding hydrogens is 392 g/mol. The Bertz CT molecular complexity index is 686. The molecule has 0 radical (unpaired) electrons. The summed E-state index contributed by atoms with van der Waals surface area (Å²) >= 11 is 0. The monoisotopic (exact) mass is 428 g/mol. The van der Waals surface area contributed by atoms with Gasteiger partial charge in [0.15, 0.2) is 19.8 Å². The van der Waals surface area contributed by atoms with Crippen LogP contribution in [-0.2, 0) is 21.0 Å². The highest BCUT2D eigenvalue weighted by atomic mass is 32.2. The van der Waals surface area contributed by atoms with Crippen LogP contribution in [0.25, 0.3) is 0 Å². The predicted octanol–water partition coefficient (Wildman–Crippen LogP) is 4.26. The quantitative estimate of drug-likeness (QED) is 0.658. The molecule has 1 aromatic rings. The van der Waals surface area contributed by atoms with E-state index in [2.05, 4.69) is 33.9 Å². The number of methoxy groups -OCH3 is 2. The van der Waals surface area contributed by atoms with Crippen molar-refractivity contribution in [2.75, 3.05) is 14.2 Å². The zero-order chi connectivity index (χ0) is 21.1. The Labute approximate surface area is 173 Å². The summed E-state index contributed by atoms with van der Waals surface area (Å²) in [6.07, 6.45) is 1.65. The zero-order valence-electron chi connectivity index (χ0n) is 18.3. The van der Waals surface area contributed by atoms with Crippen molar-refractivity contribution in [3.63, 3.8) is 0 Å². The molecule has 28 heavy (non-hydrogen) atoms. The van der Waals surface area contributed by atoms with E-state index in [-0.39, 0.29) is 16.4 Å². The van der Waals surface area contributed by atoms with Crippen molar-refractivity contribution in [1.29, 1.82) is 0 Å². The van der Waals surface area contributed by atoms with Crippen LogP contribution in [0.3, 0.4) is 0 Å². The Hall–Kier alpha value is -0.893. The lowest BCUT2D eigenvalue weighted by atomic mass is 9.95. The summed E-state index contributed by atoms with van der Waals surface area (Å²) in [6, 6.07) is 5.58. The van der Waals surface area contributed by atoms with E-state index in [0.29, 0.717) is 30.1 Å². The molecule has 0 aliphatic heterocycles. The molecule has 0 amide bonds. The minimum atomic E-state index is -1.89. The number of hydrogen-bond acceptors (Lipinski definition) is 5. The molecule has 5 nitrogen and oxygen atoms in total. The molecular formula is C21H36O5SSi. The van der Waals surface area contributed by atoms with Crippen LogP contribution >= 0.6 is 0 Å². The molecule has 0 spiro atoms. The molecule has 2 rings (SSSR count). The molecule has 1 saturated carbocycles. The molecule has 0 saturated heterocycles. The van der Waals surface area contributed by atoms with Gasteiger partial charge in [0.05, 0.1) is 25.6 Å². The topological polar surface area (TPSA) is 65.0 Å². The van der Waals surface area contributed by atoms with Gasteiger partial charge in [-0.15, -0.1) is 0 Å². The van der Waals surface area contributed by atoms with Crippen LogP contribution < -0.4 is 9.47 Å². The molecule has 7 heteroatoms. The third-order valence-corrected chi connectivity index (χ3v) is 12.4.